The van der Waals surface area contributed by atoms with Crippen LogP contribution in [0.5, 0.6) is 0 Å². The first-order chi connectivity index (χ1) is 10.2. The maximum Gasteiger partial charge on any atom is -0.00698 e. The SMILES string of the molecule is C.C=C(CCCCCC/C(C)=C/C)Cc1ccccc1.CC. The molecule has 0 saturated carbocycles. The van der Waals surface area contributed by atoms with Crippen molar-refractivity contribution in [2.45, 2.75) is 80.1 Å². The van der Waals surface area contributed by atoms with E-state index in [2.05, 4.69) is 56.8 Å². The summed E-state index contributed by atoms with van der Waals surface area (Å²) >= 11 is 0. The highest BCUT2D eigenvalue weighted by Gasteiger charge is 1.98. The van der Waals surface area contributed by atoms with Gasteiger partial charge in [-0.25, -0.2) is 0 Å². The van der Waals surface area contributed by atoms with Crippen molar-refractivity contribution in [3.8, 4) is 0 Å². The minimum absolute atomic E-state index is 0. The van der Waals surface area contributed by atoms with E-state index in [0.29, 0.717) is 0 Å². The monoisotopic (exact) mass is 302 g/mol. The molecule has 0 atom stereocenters. The Hall–Kier alpha value is -1.30. The molecule has 1 aromatic carbocycles. The first-order valence-corrected chi connectivity index (χ1v) is 8.54. The molecule has 0 aromatic heterocycles. The molecule has 0 bridgehead atoms. The Morgan fingerprint density at radius 3 is 2.05 bits per heavy atom. The topological polar surface area (TPSA) is 0 Å². The van der Waals surface area contributed by atoms with Gasteiger partial charge in [0.05, 0.1) is 0 Å². The van der Waals surface area contributed by atoms with Crippen LogP contribution in [0.25, 0.3) is 0 Å². The minimum Gasteiger partial charge on any atom is -0.0995 e. The molecule has 0 heteroatoms. The van der Waals surface area contributed by atoms with Crippen molar-refractivity contribution in [1.29, 1.82) is 0 Å². The molecule has 22 heavy (non-hydrogen) atoms. The molecular weight excluding hydrogens is 264 g/mol. The second kappa shape index (κ2) is 16.1. The van der Waals surface area contributed by atoms with Gasteiger partial charge in [-0.05, 0) is 51.5 Å². The van der Waals surface area contributed by atoms with Crippen molar-refractivity contribution >= 4 is 0 Å². The molecule has 0 fully saturated rings. The van der Waals surface area contributed by atoms with Crippen molar-refractivity contribution in [2.24, 2.45) is 0 Å². The summed E-state index contributed by atoms with van der Waals surface area (Å²) in [5.74, 6) is 0. The van der Waals surface area contributed by atoms with Crippen LogP contribution >= 0.6 is 0 Å². The van der Waals surface area contributed by atoms with E-state index in [1.54, 1.807) is 0 Å². The zero-order valence-corrected chi connectivity index (χ0v) is 14.6. The molecule has 0 saturated heterocycles. The maximum atomic E-state index is 4.20. The van der Waals surface area contributed by atoms with E-state index in [4.69, 9.17) is 0 Å². The lowest BCUT2D eigenvalue weighted by Crippen LogP contribution is -1.90. The van der Waals surface area contributed by atoms with Crippen LogP contribution in [0.1, 0.15) is 79.2 Å². The van der Waals surface area contributed by atoms with Gasteiger partial charge >= 0.3 is 0 Å². The average Bonchev–Trinajstić information content (AvgIpc) is 2.53. The quantitative estimate of drug-likeness (QED) is 0.323. The van der Waals surface area contributed by atoms with E-state index in [9.17, 15) is 0 Å². The van der Waals surface area contributed by atoms with Gasteiger partial charge < -0.3 is 0 Å². The summed E-state index contributed by atoms with van der Waals surface area (Å²) in [6.45, 7) is 12.6. The van der Waals surface area contributed by atoms with Gasteiger partial charge in [0.15, 0.2) is 0 Å². The minimum atomic E-state index is 0. The largest absolute Gasteiger partial charge is 0.0995 e. The smallest absolute Gasteiger partial charge is 0.00698 e. The Kier molecular flexibility index (Phi) is 16.8. The molecule has 0 unspecified atom stereocenters. The number of unbranched alkanes of at least 4 members (excludes halogenated alkanes) is 3. The summed E-state index contributed by atoms with van der Waals surface area (Å²) in [6.07, 6.45) is 11.0. The predicted molar refractivity (Wildman–Crippen MR) is 104 cm³/mol. The van der Waals surface area contributed by atoms with Crippen molar-refractivity contribution in [3.05, 3.63) is 59.7 Å². The molecule has 0 spiro atoms. The summed E-state index contributed by atoms with van der Waals surface area (Å²) in [5.41, 5.74) is 4.28. The average molecular weight is 303 g/mol. The molecule has 0 nitrogen and oxygen atoms in total. The standard InChI is InChI=1S/C19H28.C2H6.CH4/c1-4-17(2)12-8-5-6-9-13-18(3)16-19-14-10-7-11-15-19;1-2;/h4,7,10-11,14-15H,3,5-6,8-9,12-13,16H2,1-2H3;1-2H3;1H4/b17-4+;;. The van der Waals surface area contributed by atoms with Crippen LogP contribution in [0.2, 0.25) is 0 Å². The van der Waals surface area contributed by atoms with Crippen LogP contribution in [0.15, 0.2) is 54.1 Å². The fourth-order valence-electron chi connectivity index (χ4n) is 2.25. The van der Waals surface area contributed by atoms with Gasteiger partial charge in [0.2, 0.25) is 0 Å². The third-order valence-electron chi connectivity index (χ3n) is 3.64. The highest BCUT2D eigenvalue weighted by atomic mass is 14.0. The van der Waals surface area contributed by atoms with Gasteiger partial charge in [0.1, 0.15) is 0 Å². The Morgan fingerprint density at radius 1 is 0.955 bits per heavy atom. The van der Waals surface area contributed by atoms with Crippen molar-refractivity contribution in [1.82, 2.24) is 0 Å². The van der Waals surface area contributed by atoms with E-state index in [-0.39, 0.29) is 7.43 Å². The lowest BCUT2D eigenvalue weighted by atomic mass is 10.00. The lowest BCUT2D eigenvalue weighted by Gasteiger charge is -2.06. The van der Waals surface area contributed by atoms with E-state index in [1.165, 1.54) is 55.2 Å². The zero-order chi connectivity index (χ0) is 15.9. The third-order valence-corrected chi connectivity index (χ3v) is 3.64. The molecule has 0 heterocycles. The van der Waals surface area contributed by atoms with Gasteiger partial charge in [-0.1, -0.05) is 88.2 Å². The lowest BCUT2D eigenvalue weighted by molar-refractivity contribution is 0.634. The Morgan fingerprint density at radius 2 is 1.50 bits per heavy atom. The van der Waals surface area contributed by atoms with E-state index >= 15 is 0 Å². The third kappa shape index (κ3) is 12.4. The highest BCUT2D eigenvalue weighted by molar-refractivity contribution is 5.20. The van der Waals surface area contributed by atoms with Crippen LogP contribution in [0.4, 0.5) is 0 Å². The number of hydrogen-bond donors (Lipinski definition) is 0. The second-order valence-electron chi connectivity index (χ2n) is 5.46. The molecule has 0 aliphatic heterocycles. The van der Waals surface area contributed by atoms with Gasteiger partial charge in [-0.3, -0.25) is 0 Å². The Balaban J connectivity index is 0. The maximum absolute atomic E-state index is 4.20. The first kappa shape index (κ1) is 23.0. The van der Waals surface area contributed by atoms with E-state index < -0.39 is 0 Å². The number of rotatable bonds is 9. The molecule has 0 radical (unpaired) electrons. The van der Waals surface area contributed by atoms with Gasteiger partial charge in [0, 0.05) is 0 Å². The summed E-state index contributed by atoms with van der Waals surface area (Å²) in [4.78, 5) is 0. The molecule has 1 rings (SSSR count). The van der Waals surface area contributed by atoms with Crippen LogP contribution < -0.4 is 0 Å². The van der Waals surface area contributed by atoms with E-state index in [0.717, 1.165) is 6.42 Å². The summed E-state index contributed by atoms with van der Waals surface area (Å²) < 4.78 is 0. The van der Waals surface area contributed by atoms with Crippen LogP contribution in [0.3, 0.4) is 0 Å². The fourth-order valence-corrected chi connectivity index (χ4v) is 2.25. The van der Waals surface area contributed by atoms with Gasteiger partial charge in [0.25, 0.3) is 0 Å². The van der Waals surface area contributed by atoms with Crippen LogP contribution in [0, 0.1) is 0 Å². The summed E-state index contributed by atoms with van der Waals surface area (Å²) in [5, 5.41) is 0. The molecule has 0 aliphatic carbocycles. The Bertz CT molecular complexity index is 384. The molecule has 0 amide bonds. The van der Waals surface area contributed by atoms with Crippen LogP contribution in [-0.2, 0) is 6.42 Å². The molecule has 1 aromatic rings. The van der Waals surface area contributed by atoms with Crippen molar-refractivity contribution in [2.75, 3.05) is 0 Å². The van der Waals surface area contributed by atoms with Crippen LogP contribution in [-0.4, -0.2) is 0 Å². The molecule has 0 N–H and O–H groups in total. The molecular formula is C22H38. The normalized spacial score (nSPS) is 10.3. The zero-order valence-electron chi connectivity index (χ0n) is 14.6. The van der Waals surface area contributed by atoms with Gasteiger partial charge in [-0.15, -0.1) is 0 Å². The van der Waals surface area contributed by atoms with E-state index in [1.807, 2.05) is 13.8 Å². The molecule has 0 aliphatic rings. The first-order valence-electron chi connectivity index (χ1n) is 8.54. The van der Waals surface area contributed by atoms with Crippen molar-refractivity contribution < 1.29 is 0 Å². The van der Waals surface area contributed by atoms with Crippen molar-refractivity contribution in [3.63, 3.8) is 0 Å². The summed E-state index contributed by atoms with van der Waals surface area (Å²) in [7, 11) is 0. The Labute approximate surface area is 140 Å². The highest BCUT2D eigenvalue weighted by Crippen LogP contribution is 2.15. The number of benzene rings is 1. The summed E-state index contributed by atoms with van der Waals surface area (Å²) in [6, 6.07) is 10.6. The predicted octanol–water partition coefficient (Wildman–Crippen LogP) is 7.75. The number of allylic oxidation sites excluding steroid dienone is 3. The fraction of sp³-hybridized carbons (Fsp3) is 0.545. The van der Waals surface area contributed by atoms with Gasteiger partial charge in [-0.2, -0.15) is 0 Å². The number of hydrogen-bond acceptors (Lipinski definition) is 0. The molecule has 126 valence electrons. The second-order valence-corrected chi connectivity index (χ2v) is 5.46.